The number of amides is 1. The number of aliphatic hydroxyl groups excluding tert-OH is 1. The van der Waals surface area contributed by atoms with Crippen LogP contribution in [0.25, 0.3) is 5.65 Å². The van der Waals surface area contributed by atoms with Crippen molar-refractivity contribution in [3.8, 4) is 5.75 Å². The molecule has 8 nitrogen and oxygen atoms in total. The van der Waals surface area contributed by atoms with E-state index < -0.39 is 6.09 Å². The van der Waals surface area contributed by atoms with Crippen molar-refractivity contribution in [2.75, 3.05) is 18.1 Å². The van der Waals surface area contributed by atoms with E-state index in [2.05, 4.69) is 10.1 Å². The SMILES string of the molecule is CCOc1ccc(N(C(=O)O)c2c(CCCO)c(Cl)nc3ccnn23)c(C(C)(C)C)c1. The molecule has 2 N–H and O–H groups in total. The largest absolute Gasteiger partial charge is 0.494 e. The second-order valence-corrected chi connectivity index (χ2v) is 8.47. The maximum absolute atomic E-state index is 12.6. The first kappa shape index (κ1) is 22.8. The Labute approximate surface area is 186 Å². The molecule has 0 aliphatic rings. The Morgan fingerprint density at radius 2 is 2.03 bits per heavy atom. The molecule has 0 aliphatic heterocycles. The highest BCUT2D eigenvalue weighted by Crippen LogP contribution is 2.40. The molecule has 0 saturated carbocycles. The van der Waals surface area contributed by atoms with E-state index in [1.807, 2.05) is 33.8 Å². The molecule has 31 heavy (non-hydrogen) atoms. The molecule has 0 radical (unpaired) electrons. The highest BCUT2D eigenvalue weighted by atomic mass is 35.5. The highest BCUT2D eigenvalue weighted by Gasteiger charge is 2.31. The number of aliphatic hydroxyl groups is 1. The van der Waals surface area contributed by atoms with Crippen molar-refractivity contribution in [2.24, 2.45) is 0 Å². The number of halogens is 1. The number of hydrogen-bond donors (Lipinski definition) is 2. The van der Waals surface area contributed by atoms with Gasteiger partial charge in [0.1, 0.15) is 10.9 Å². The average Bonchev–Trinajstić information content (AvgIpc) is 3.15. The highest BCUT2D eigenvalue weighted by molar-refractivity contribution is 6.30. The van der Waals surface area contributed by atoms with Gasteiger partial charge in [0.2, 0.25) is 0 Å². The van der Waals surface area contributed by atoms with Gasteiger partial charge >= 0.3 is 6.09 Å². The number of ether oxygens (including phenoxy) is 1. The monoisotopic (exact) mass is 446 g/mol. The molecule has 0 atom stereocenters. The second kappa shape index (κ2) is 9.11. The van der Waals surface area contributed by atoms with Gasteiger partial charge in [0.05, 0.1) is 18.5 Å². The maximum Gasteiger partial charge on any atom is 0.417 e. The molecule has 0 aliphatic carbocycles. The smallest absolute Gasteiger partial charge is 0.417 e. The van der Waals surface area contributed by atoms with Gasteiger partial charge in [-0.15, -0.1) is 0 Å². The van der Waals surface area contributed by atoms with E-state index in [1.165, 1.54) is 9.42 Å². The maximum atomic E-state index is 12.6. The van der Waals surface area contributed by atoms with Crippen molar-refractivity contribution >= 4 is 34.8 Å². The van der Waals surface area contributed by atoms with Crippen LogP contribution in [0.3, 0.4) is 0 Å². The van der Waals surface area contributed by atoms with Crippen LogP contribution in [0, 0.1) is 0 Å². The lowest BCUT2D eigenvalue weighted by molar-refractivity contribution is 0.204. The molecule has 2 aromatic heterocycles. The van der Waals surface area contributed by atoms with Crippen LogP contribution in [-0.2, 0) is 11.8 Å². The number of nitrogens with zero attached hydrogens (tertiary/aromatic N) is 4. The lowest BCUT2D eigenvalue weighted by Crippen LogP contribution is -2.30. The van der Waals surface area contributed by atoms with E-state index in [0.29, 0.717) is 42.1 Å². The van der Waals surface area contributed by atoms with Crippen molar-refractivity contribution in [1.29, 1.82) is 0 Å². The fourth-order valence-electron chi connectivity index (χ4n) is 3.51. The average molecular weight is 447 g/mol. The zero-order valence-electron chi connectivity index (χ0n) is 18.1. The summed E-state index contributed by atoms with van der Waals surface area (Å²) in [5, 5.41) is 24.2. The Morgan fingerprint density at radius 1 is 1.29 bits per heavy atom. The minimum atomic E-state index is -1.18. The molecule has 9 heteroatoms. The summed E-state index contributed by atoms with van der Waals surface area (Å²) in [6, 6.07) is 7.01. The van der Waals surface area contributed by atoms with Crippen LogP contribution in [0.2, 0.25) is 5.15 Å². The Hall–Kier alpha value is -2.84. The van der Waals surface area contributed by atoms with Gasteiger partial charge in [-0.05, 0) is 48.9 Å². The number of hydrogen-bond acceptors (Lipinski definition) is 5. The molecule has 0 fully saturated rings. The van der Waals surface area contributed by atoms with Crippen molar-refractivity contribution in [1.82, 2.24) is 14.6 Å². The fourth-order valence-corrected chi connectivity index (χ4v) is 3.77. The van der Waals surface area contributed by atoms with Crippen LogP contribution in [0.15, 0.2) is 30.5 Å². The Kier molecular flexibility index (Phi) is 6.71. The van der Waals surface area contributed by atoms with Crippen LogP contribution < -0.4 is 9.64 Å². The summed E-state index contributed by atoms with van der Waals surface area (Å²) in [6.07, 6.45) is 1.11. The standard InChI is InChI=1S/C22H27ClN4O4/c1-5-31-14-8-9-17(16(13-14)22(2,3)4)26(21(29)30)20-15(7-6-12-28)19(23)25-18-10-11-24-27(18)20/h8-11,13,28H,5-7,12H2,1-4H3,(H,29,30). The lowest BCUT2D eigenvalue weighted by atomic mass is 9.85. The van der Waals surface area contributed by atoms with E-state index in [4.69, 9.17) is 16.3 Å². The molecule has 0 bridgehead atoms. The predicted octanol–water partition coefficient (Wildman–Crippen LogP) is 4.82. The number of fused-ring (bicyclic) bond motifs is 1. The van der Waals surface area contributed by atoms with Crippen LogP contribution in [0.1, 0.15) is 45.2 Å². The van der Waals surface area contributed by atoms with Gasteiger partial charge in [-0.25, -0.2) is 14.7 Å². The van der Waals surface area contributed by atoms with Gasteiger partial charge in [0.15, 0.2) is 11.5 Å². The zero-order valence-corrected chi connectivity index (χ0v) is 18.8. The number of benzene rings is 1. The summed E-state index contributed by atoms with van der Waals surface area (Å²) >= 11 is 6.46. The molecule has 2 heterocycles. The Balaban J connectivity index is 2.33. The quantitative estimate of drug-likeness (QED) is 0.504. The molecule has 3 aromatic rings. The van der Waals surface area contributed by atoms with Gasteiger partial charge in [0, 0.05) is 18.2 Å². The van der Waals surface area contributed by atoms with Gasteiger partial charge in [0.25, 0.3) is 0 Å². The first-order chi connectivity index (χ1) is 14.7. The predicted molar refractivity (Wildman–Crippen MR) is 120 cm³/mol. The summed E-state index contributed by atoms with van der Waals surface area (Å²) in [5.41, 5.74) is 1.84. The number of aromatic nitrogens is 3. The third-order valence-corrected chi connectivity index (χ3v) is 5.18. The lowest BCUT2D eigenvalue weighted by Gasteiger charge is -2.30. The van der Waals surface area contributed by atoms with Crippen molar-refractivity contribution in [3.05, 3.63) is 46.7 Å². The molecule has 1 aromatic carbocycles. The van der Waals surface area contributed by atoms with Crippen LogP contribution in [0.5, 0.6) is 5.75 Å². The molecular weight excluding hydrogens is 420 g/mol. The second-order valence-electron chi connectivity index (χ2n) is 8.11. The molecule has 0 spiro atoms. The molecule has 0 unspecified atom stereocenters. The summed E-state index contributed by atoms with van der Waals surface area (Å²) in [5.74, 6) is 0.953. The molecule has 3 rings (SSSR count). The first-order valence-electron chi connectivity index (χ1n) is 10.1. The van der Waals surface area contributed by atoms with E-state index in [1.54, 1.807) is 24.4 Å². The van der Waals surface area contributed by atoms with E-state index in [0.717, 1.165) is 5.56 Å². The van der Waals surface area contributed by atoms with Crippen LogP contribution >= 0.6 is 11.6 Å². The molecule has 1 amide bonds. The number of carboxylic acid groups (broad SMARTS) is 1. The van der Waals surface area contributed by atoms with E-state index >= 15 is 0 Å². The number of anilines is 2. The molecule has 0 saturated heterocycles. The van der Waals surface area contributed by atoms with Crippen LogP contribution in [0.4, 0.5) is 16.3 Å². The summed E-state index contributed by atoms with van der Waals surface area (Å²) in [7, 11) is 0. The Morgan fingerprint density at radius 3 is 2.65 bits per heavy atom. The van der Waals surface area contributed by atoms with Gasteiger partial charge < -0.3 is 14.9 Å². The molecular formula is C22H27ClN4O4. The minimum Gasteiger partial charge on any atom is -0.494 e. The van der Waals surface area contributed by atoms with E-state index in [9.17, 15) is 15.0 Å². The van der Waals surface area contributed by atoms with E-state index in [-0.39, 0.29) is 23.0 Å². The van der Waals surface area contributed by atoms with Crippen molar-refractivity contribution < 1.29 is 19.7 Å². The first-order valence-corrected chi connectivity index (χ1v) is 10.5. The Bertz CT molecular complexity index is 1090. The zero-order chi connectivity index (χ0) is 22.8. The van der Waals surface area contributed by atoms with Gasteiger partial charge in [-0.2, -0.15) is 9.61 Å². The summed E-state index contributed by atoms with van der Waals surface area (Å²) < 4.78 is 7.12. The van der Waals surface area contributed by atoms with Gasteiger partial charge in [-0.3, -0.25) is 0 Å². The summed E-state index contributed by atoms with van der Waals surface area (Å²) in [4.78, 5) is 18.2. The fraction of sp³-hybridized carbons (Fsp3) is 0.409. The summed E-state index contributed by atoms with van der Waals surface area (Å²) in [6.45, 7) is 8.38. The van der Waals surface area contributed by atoms with Crippen molar-refractivity contribution in [3.63, 3.8) is 0 Å². The minimum absolute atomic E-state index is 0.0592. The third-order valence-electron chi connectivity index (χ3n) is 4.87. The van der Waals surface area contributed by atoms with Crippen LogP contribution in [-0.4, -0.2) is 44.1 Å². The molecule has 166 valence electrons. The normalized spacial score (nSPS) is 11.7. The third kappa shape index (κ3) is 4.60. The number of carbonyl (C=O) groups is 1. The van der Waals surface area contributed by atoms with Gasteiger partial charge in [-0.1, -0.05) is 32.4 Å². The topological polar surface area (TPSA) is 100 Å². The number of rotatable bonds is 7. The van der Waals surface area contributed by atoms with Crippen molar-refractivity contribution in [2.45, 2.75) is 46.0 Å².